The number of carbonyl (C=O) groups is 3. The minimum absolute atomic E-state index is 0.0401. The Morgan fingerprint density at radius 3 is 2.08 bits per heavy atom. The molecule has 2 amide bonds. The molecule has 3 fully saturated rings. The first-order valence-electron chi connectivity index (χ1n) is 11.5. The van der Waals surface area contributed by atoms with Crippen molar-refractivity contribution in [2.75, 3.05) is 18.0 Å². The fourth-order valence-corrected chi connectivity index (χ4v) is 4.45. The highest BCUT2D eigenvalue weighted by Crippen LogP contribution is 2.36. The summed E-state index contributed by atoms with van der Waals surface area (Å²) in [5.41, 5.74) is 5.75. The van der Waals surface area contributed by atoms with E-state index < -0.39 is 5.91 Å². The summed E-state index contributed by atoms with van der Waals surface area (Å²) in [7, 11) is 0. The summed E-state index contributed by atoms with van der Waals surface area (Å²) in [6.45, 7) is 4.65. The van der Waals surface area contributed by atoms with E-state index in [-0.39, 0.29) is 35.9 Å². The number of carbonyl (C=O) groups excluding carboxylic acids is 2. The van der Waals surface area contributed by atoms with E-state index in [1.54, 1.807) is 36.4 Å². The molecule has 10 nitrogen and oxygen atoms in total. The molecular formula is C27H26N4O6. The second kappa shape index (κ2) is 11.3. The molecular weight excluding hydrogens is 476 g/mol. The third kappa shape index (κ3) is 5.69. The van der Waals surface area contributed by atoms with Gasteiger partial charge in [0.25, 0.3) is 12.4 Å². The summed E-state index contributed by atoms with van der Waals surface area (Å²) in [5, 5.41) is 6.89. The summed E-state index contributed by atoms with van der Waals surface area (Å²) >= 11 is 0. The van der Waals surface area contributed by atoms with Crippen molar-refractivity contribution in [3.63, 3.8) is 0 Å². The second-order valence-corrected chi connectivity index (χ2v) is 8.38. The van der Waals surface area contributed by atoms with Gasteiger partial charge in [0, 0.05) is 13.1 Å². The van der Waals surface area contributed by atoms with Crippen LogP contribution in [0.25, 0.3) is 0 Å². The van der Waals surface area contributed by atoms with Crippen LogP contribution in [0.4, 0.5) is 5.82 Å². The maximum absolute atomic E-state index is 12.0. The van der Waals surface area contributed by atoms with Gasteiger partial charge in [-0.2, -0.15) is 4.98 Å². The number of nitrogens with zero attached hydrogens (tertiary/aromatic N) is 3. The Bertz CT molecular complexity index is 1270. The number of para-hydroxylation sites is 1. The van der Waals surface area contributed by atoms with Crippen LogP contribution in [-0.4, -0.2) is 58.5 Å². The smallest absolute Gasteiger partial charge is 0.290 e. The van der Waals surface area contributed by atoms with E-state index in [1.807, 2.05) is 35.2 Å². The number of anilines is 1. The molecule has 1 aromatic heterocycles. The third-order valence-electron chi connectivity index (χ3n) is 6.07. The number of ether oxygens (including phenoxy) is 2. The molecule has 4 heterocycles. The van der Waals surface area contributed by atoms with Crippen LogP contribution >= 0.6 is 0 Å². The number of primary amides is 1. The van der Waals surface area contributed by atoms with Gasteiger partial charge in [-0.25, -0.2) is 0 Å². The van der Waals surface area contributed by atoms with Crippen molar-refractivity contribution in [2.45, 2.75) is 18.5 Å². The first kappa shape index (κ1) is 25.2. The van der Waals surface area contributed by atoms with Crippen LogP contribution in [0.15, 0.2) is 79.4 Å². The normalized spacial score (nSPS) is 17.4. The average Bonchev–Trinajstić information content (AvgIpc) is 2.90. The first-order valence-corrected chi connectivity index (χ1v) is 11.5. The van der Waals surface area contributed by atoms with Gasteiger partial charge in [-0.1, -0.05) is 24.8 Å². The number of aromatic nitrogens is 1. The molecule has 3 saturated heterocycles. The molecule has 0 aliphatic carbocycles. The molecule has 2 atom stereocenters. The van der Waals surface area contributed by atoms with E-state index >= 15 is 0 Å². The van der Waals surface area contributed by atoms with Gasteiger partial charge < -0.3 is 30.1 Å². The molecule has 3 N–H and O–H groups in total. The van der Waals surface area contributed by atoms with Crippen molar-refractivity contribution in [1.82, 2.24) is 9.88 Å². The van der Waals surface area contributed by atoms with Crippen LogP contribution in [0, 0.1) is 0 Å². The van der Waals surface area contributed by atoms with Crippen molar-refractivity contribution in [2.24, 2.45) is 5.73 Å². The lowest BCUT2D eigenvalue weighted by molar-refractivity contribution is -0.140. The summed E-state index contributed by atoms with van der Waals surface area (Å²) in [5.74, 6) is 2.03. The molecule has 10 heteroatoms. The molecule has 0 radical (unpaired) electrons. The van der Waals surface area contributed by atoms with E-state index in [9.17, 15) is 9.59 Å². The Hall–Kier alpha value is -4.86. The Morgan fingerprint density at radius 1 is 0.946 bits per heavy atom. The van der Waals surface area contributed by atoms with E-state index in [0.29, 0.717) is 30.4 Å². The Labute approximate surface area is 213 Å². The molecule has 0 spiro atoms. The van der Waals surface area contributed by atoms with E-state index in [1.165, 1.54) is 6.08 Å². The summed E-state index contributed by atoms with van der Waals surface area (Å²) in [4.78, 5) is 41.0. The maximum Gasteiger partial charge on any atom is 0.290 e. The zero-order valence-corrected chi connectivity index (χ0v) is 19.9. The first-order chi connectivity index (χ1) is 17.9. The number of fused-ring (bicyclic) bond motifs is 2. The number of piperazine rings is 1. The van der Waals surface area contributed by atoms with Gasteiger partial charge in [-0.3, -0.25) is 14.4 Å². The lowest BCUT2D eigenvalue weighted by atomic mass is 9.87. The number of hydrogen-bond acceptors (Lipinski definition) is 7. The predicted octanol–water partition coefficient (Wildman–Crippen LogP) is 3.44. The fourth-order valence-electron chi connectivity index (χ4n) is 4.45. The minimum Gasteiger partial charge on any atom is -0.483 e. The fraction of sp³-hybridized carbons (Fsp3) is 0.185. The van der Waals surface area contributed by atoms with Crippen molar-refractivity contribution in [1.29, 1.82) is 0 Å². The Balaban J connectivity index is 0.00000102. The minimum atomic E-state index is -0.623. The highest BCUT2D eigenvalue weighted by molar-refractivity contribution is 5.95. The SMILES string of the molecule is C=CC(=O)N1C2CC1CN(c1ccc(C(N)=O)c(Oc3ccc(Oc4ccccc4)cc3)n1)C2.O=CO. The number of rotatable bonds is 7. The summed E-state index contributed by atoms with van der Waals surface area (Å²) < 4.78 is 11.8. The molecule has 0 saturated carbocycles. The van der Waals surface area contributed by atoms with Crippen LogP contribution < -0.4 is 20.1 Å². The largest absolute Gasteiger partial charge is 0.483 e. The van der Waals surface area contributed by atoms with E-state index in [0.717, 1.165) is 12.2 Å². The van der Waals surface area contributed by atoms with Crippen LogP contribution in [-0.2, 0) is 9.59 Å². The van der Waals surface area contributed by atoms with Gasteiger partial charge in [-0.05, 0) is 61.0 Å². The van der Waals surface area contributed by atoms with E-state index in [2.05, 4.69) is 16.5 Å². The Morgan fingerprint density at radius 2 is 1.51 bits per heavy atom. The molecule has 3 aliphatic heterocycles. The predicted molar refractivity (Wildman–Crippen MR) is 136 cm³/mol. The number of nitrogens with two attached hydrogens (primary N) is 1. The molecule has 2 aromatic carbocycles. The molecule has 3 aliphatic rings. The van der Waals surface area contributed by atoms with Gasteiger partial charge >= 0.3 is 0 Å². The van der Waals surface area contributed by atoms with Gasteiger partial charge in [0.05, 0.1) is 12.1 Å². The zero-order chi connectivity index (χ0) is 26.4. The summed E-state index contributed by atoms with van der Waals surface area (Å²) in [6, 6.07) is 20.1. The van der Waals surface area contributed by atoms with Crippen molar-refractivity contribution < 1.29 is 29.0 Å². The molecule has 2 bridgehead atoms. The van der Waals surface area contributed by atoms with Gasteiger partial charge in [0.15, 0.2) is 0 Å². The van der Waals surface area contributed by atoms with Crippen LogP contribution in [0.1, 0.15) is 16.8 Å². The number of pyridine rings is 1. The highest BCUT2D eigenvalue weighted by Gasteiger charge is 2.46. The maximum atomic E-state index is 12.0. The number of benzene rings is 2. The summed E-state index contributed by atoms with van der Waals surface area (Å²) in [6.07, 6.45) is 2.33. The quantitative estimate of drug-likeness (QED) is 0.371. The number of piperidine rings is 1. The van der Waals surface area contributed by atoms with E-state index in [4.69, 9.17) is 25.1 Å². The Kier molecular flexibility index (Phi) is 7.68. The molecule has 37 heavy (non-hydrogen) atoms. The highest BCUT2D eigenvalue weighted by atomic mass is 16.5. The molecule has 2 unspecified atom stereocenters. The van der Waals surface area contributed by atoms with Crippen LogP contribution in [0.5, 0.6) is 23.1 Å². The van der Waals surface area contributed by atoms with Crippen LogP contribution in [0.3, 0.4) is 0 Å². The van der Waals surface area contributed by atoms with Gasteiger partial charge in [0.2, 0.25) is 11.8 Å². The molecule has 6 rings (SSSR count). The second-order valence-electron chi connectivity index (χ2n) is 8.38. The zero-order valence-electron chi connectivity index (χ0n) is 19.9. The topological polar surface area (TPSA) is 135 Å². The van der Waals surface area contributed by atoms with Crippen molar-refractivity contribution >= 4 is 24.1 Å². The number of carboxylic acid groups (broad SMARTS) is 1. The van der Waals surface area contributed by atoms with Crippen molar-refractivity contribution in [3.8, 4) is 23.1 Å². The molecule has 3 aromatic rings. The van der Waals surface area contributed by atoms with Gasteiger partial charge in [-0.15, -0.1) is 0 Å². The number of amides is 2. The number of hydrogen-bond donors (Lipinski definition) is 2. The standard InChI is InChI=1S/C26H24N4O4.CH2O2/c1-2-24(31)30-17-14-18(30)16-29(15-17)23-13-12-22(25(27)32)26(28-23)34-21-10-8-20(9-11-21)33-19-6-4-3-5-7-19;2-1-3/h2-13,17-18H,1,14-16H2,(H2,27,32);1H,(H,2,3). The van der Waals surface area contributed by atoms with Gasteiger partial charge in [0.1, 0.15) is 28.6 Å². The monoisotopic (exact) mass is 502 g/mol. The third-order valence-corrected chi connectivity index (χ3v) is 6.07. The van der Waals surface area contributed by atoms with Crippen LogP contribution in [0.2, 0.25) is 0 Å². The lowest BCUT2D eigenvalue weighted by Crippen LogP contribution is -2.70. The molecule has 190 valence electrons. The average molecular weight is 503 g/mol. The lowest BCUT2D eigenvalue weighted by Gasteiger charge is -2.56. The van der Waals surface area contributed by atoms with Crippen molar-refractivity contribution in [3.05, 3.63) is 84.9 Å².